The maximum Gasteiger partial charge on any atom is 0.126 e. The van der Waals surface area contributed by atoms with Gasteiger partial charge in [0.2, 0.25) is 0 Å². The van der Waals surface area contributed by atoms with Crippen LogP contribution in [0.3, 0.4) is 0 Å². The quantitative estimate of drug-likeness (QED) is 0.850. The lowest BCUT2D eigenvalue weighted by atomic mass is 9.93. The summed E-state index contributed by atoms with van der Waals surface area (Å²) in [5.41, 5.74) is 1.20. The summed E-state index contributed by atoms with van der Waals surface area (Å²) in [5, 5.41) is 3.49. The summed E-state index contributed by atoms with van der Waals surface area (Å²) >= 11 is 0. The summed E-state index contributed by atoms with van der Waals surface area (Å²) in [6.07, 6.45) is 7.02. The van der Waals surface area contributed by atoms with Crippen LogP contribution in [0, 0.1) is 6.92 Å². The van der Waals surface area contributed by atoms with Gasteiger partial charge in [-0.15, -0.1) is 0 Å². The van der Waals surface area contributed by atoms with E-state index in [-0.39, 0.29) is 0 Å². The molecule has 0 saturated heterocycles. The van der Waals surface area contributed by atoms with Crippen molar-refractivity contribution in [3.05, 3.63) is 23.9 Å². The third-order valence-corrected chi connectivity index (χ3v) is 3.27. The van der Waals surface area contributed by atoms with Crippen LogP contribution in [0.5, 0.6) is 0 Å². The van der Waals surface area contributed by atoms with E-state index in [1.54, 1.807) is 7.11 Å². The van der Waals surface area contributed by atoms with Crippen molar-refractivity contribution in [2.45, 2.75) is 44.8 Å². The predicted molar refractivity (Wildman–Crippen MR) is 65.6 cm³/mol. The molecule has 1 saturated carbocycles. The van der Waals surface area contributed by atoms with Gasteiger partial charge in [-0.1, -0.05) is 6.07 Å². The van der Waals surface area contributed by atoms with E-state index in [0.29, 0.717) is 12.1 Å². The van der Waals surface area contributed by atoms with Crippen molar-refractivity contribution in [2.24, 2.45) is 0 Å². The zero-order valence-electron chi connectivity index (χ0n) is 10.1. The monoisotopic (exact) mass is 220 g/mol. The Morgan fingerprint density at radius 2 is 2.00 bits per heavy atom. The molecule has 16 heavy (non-hydrogen) atoms. The second-order valence-electron chi connectivity index (χ2n) is 4.57. The van der Waals surface area contributed by atoms with Crippen LogP contribution in [-0.2, 0) is 4.74 Å². The molecule has 0 amide bonds. The lowest BCUT2D eigenvalue weighted by molar-refractivity contribution is 0.0681. The average molecular weight is 220 g/mol. The Morgan fingerprint density at radius 1 is 1.25 bits per heavy atom. The number of pyridine rings is 1. The van der Waals surface area contributed by atoms with Crippen molar-refractivity contribution in [3.8, 4) is 0 Å². The number of aryl methyl sites for hydroxylation is 1. The van der Waals surface area contributed by atoms with Gasteiger partial charge in [0.1, 0.15) is 5.82 Å². The highest BCUT2D eigenvalue weighted by atomic mass is 16.5. The van der Waals surface area contributed by atoms with Crippen LogP contribution in [0.25, 0.3) is 0 Å². The molecule has 0 unspecified atom stereocenters. The van der Waals surface area contributed by atoms with Gasteiger partial charge in [-0.3, -0.25) is 0 Å². The number of hydrogen-bond donors (Lipinski definition) is 1. The first kappa shape index (κ1) is 11.4. The summed E-state index contributed by atoms with van der Waals surface area (Å²) < 4.78 is 5.36. The molecule has 3 heteroatoms. The number of hydrogen-bond acceptors (Lipinski definition) is 3. The summed E-state index contributed by atoms with van der Waals surface area (Å²) in [6, 6.07) is 4.70. The zero-order chi connectivity index (χ0) is 11.4. The molecule has 2 rings (SSSR count). The molecule has 0 aliphatic heterocycles. The van der Waals surface area contributed by atoms with Gasteiger partial charge in [0.05, 0.1) is 6.10 Å². The van der Waals surface area contributed by atoms with Crippen molar-refractivity contribution >= 4 is 5.82 Å². The third kappa shape index (κ3) is 2.95. The van der Waals surface area contributed by atoms with Crippen LogP contribution in [0.2, 0.25) is 0 Å². The molecule has 0 spiro atoms. The Kier molecular flexibility index (Phi) is 3.78. The number of nitrogens with one attached hydrogen (secondary N) is 1. The lowest BCUT2D eigenvalue weighted by Gasteiger charge is -2.28. The van der Waals surface area contributed by atoms with E-state index in [9.17, 15) is 0 Å². The number of nitrogens with zero attached hydrogens (tertiary/aromatic N) is 1. The molecule has 1 aromatic rings. The zero-order valence-corrected chi connectivity index (χ0v) is 10.1. The van der Waals surface area contributed by atoms with Crippen LogP contribution in [0.1, 0.15) is 31.2 Å². The Hall–Kier alpha value is -1.09. The Labute approximate surface area is 97.2 Å². The molecule has 88 valence electrons. The molecule has 0 aromatic carbocycles. The first-order chi connectivity index (χ1) is 7.78. The van der Waals surface area contributed by atoms with E-state index in [1.807, 2.05) is 6.20 Å². The molecule has 1 N–H and O–H groups in total. The van der Waals surface area contributed by atoms with Crippen molar-refractivity contribution in [2.75, 3.05) is 12.4 Å². The molecule has 1 heterocycles. The van der Waals surface area contributed by atoms with Gasteiger partial charge >= 0.3 is 0 Å². The summed E-state index contributed by atoms with van der Waals surface area (Å²) in [6.45, 7) is 2.06. The molecule has 1 fully saturated rings. The standard InChI is InChI=1S/C13H20N2O/c1-10-3-8-13(14-9-10)15-11-4-6-12(16-2)7-5-11/h3,8-9,11-12H,4-7H2,1-2H3,(H,14,15). The fraction of sp³-hybridized carbons (Fsp3) is 0.615. The predicted octanol–water partition coefficient (Wildman–Crippen LogP) is 2.76. The minimum absolute atomic E-state index is 0.462. The smallest absolute Gasteiger partial charge is 0.126 e. The minimum Gasteiger partial charge on any atom is -0.381 e. The van der Waals surface area contributed by atoms with E-state index in [4.69, 9.17) is 4.74 Å². The molecule has 1 aromatic heterocycles. The summed E-state index contributed by atoms with van der Waals surface area (Å²) in [5.74, 6) is 0.992. The van der Waals surface area contributed by atoms with Gasteiger partial charge in [-0.25, -0.2) is 4.98 Å². The summed E-state index contributed by atoms with van der Waals surface area (Å²) in [4.78, 5) is 4.37. The Morgan fingerprint density at radius 3 is 2.56 bits per heavy atom. The molecule has 1 aliphatic rings. The van der Waals surface area contributed by atoms with Crippen LogP contribution in [0.15, 0.2) is 18.3 Å². The van der Waals surface area contributed by atoms with Gasteiger partial charge in [-0.05, 0) is 44.2 Å². The number of rotatable bonds is 3. The average Bonchev–Trinajstić information content (AvgIpc) is 2.33. The van der Waals surface area contributed by atoms with Gasteiger partial charge in [0.25, 0.3) is 0 Å². The van der Waals surface area contributed by atoms with E-state index in [0.717, 1.165) is 18.7 Å². The highest BCUT2D eigenvalue weighted by Gasteiger charge is 2.20. The van der Waals surface area contributed by atoms with Gasteiger partial charge in [0.15, 0.2) is 0 Å². The van der Waals surface area contributed by atoms with E-state index in [2.05, 4.69) is 29.4 Å². The van der Waals surface area contributed by atoms with Crippen molar-refractivity contribution in [1.82, 2.24) is 4.98 Å². The fourth-order valence-electron chi connectivity index (χ4n) is 2.21. The Balaban J connectivity index is 1.84. The number of methoxy groups -OCH3 is 1. The maximum absolute atomic E-state index is 5.36. The number of anilines is 1. The largest absolute Gasteiger partial charge is 0.381 e. The van der Waals surface area contributed by atoms with Gasteiger partial charge in [0, 0.05) is 19.3 Å². The topological polar surface area (TPSA) is 34.1 Å². The van der Waals surface area contributed by atoms with Gasteiger partial charge < -0.3 is 10.1 Å². The molecule has 0 atom stereocenters. The van der Waals surface area contributed by atoms with Crippen LogP contribution < -0.4 is 5.32 Å². The van der Waals surface area contributed by atoms with Gasteiger partial charge in [-0.2, -0.15) is 0 Å². The SMILES string of the molecule is COC1CCC(Nc2ccc(C)cn2)CC1. The normalized spacial score (nSPS) is 25.4. The molecule has 3 nitrogen and oxygen atoms in total. The fourth-order valence-corrected chi connectivity index (χ4v) is 2.21. The first-order valence-electron chi connectivity index (χ1n) is 6.00. The van der Waals surface area contributed by atoms with Crippen molar-refractivity contribution in [1.29, 1.82) is 0 Å². The number of ether oxygens (including phenoxy) is 1. The van der Waals surface area contributed by atoms with Crippen LogP contribution in [-0.4, -0.2) is 24.2 Å². The highest BCUT2D eigenvalue weighted by Crippen LogP contribution is 2.23. The van der Waals surface area contributed by atoms with E-state index < -0.39 is 0 Å². The molecule has 1 aliphatic carbocycles. The second-order valence-corrected chi connectivity index (χ2v) is 4.57. The van der Waals surface area contributed by atoms with E-state index >= 15 is 0 Å². The highest BCUT2D eigenvalue weighted by molar-refractivity contribution is 5.36. The lowest BCUT2D eigenvalue weighted by Crippen LogP contribution is -2.29. The van der Waals surface area contributed by atoms with Crippen molar-refractivity contribution in [3.63, 3.8) is 0 Å². The van der Waals surface area contributed by atoms with Crippen molar-refractivity contribution < 1.29 is 4.74 Å². The molecular formula is C13H20N2O. The van der Waals surface area contributed by atoms with Crippen LogP contribution >= 0.6 is 0 Å². The maximum atomic E-state index is 5.36. The second kappa shape index (κ2) is 5.30. The van der Waals surface area contributed by atoms with Crippen LogP contribution in [0.4, 0.5) is 5.82 Å². The molecular weight excluding hydrogens is 200 g/mol. The van der Waals surface area contributed by atoms with E-state index in [1.165, 1.54) is 18.4 Å². The minimum atomic E-state index is 0.462. The summed E-state index contributed by atoms with van der Waals surface area (Å²) in [7, 11) is 1.81. The first-order valence-corrected chi connectivity index (χ1v) is 6.00. The molecule has 0 bridgehead atoms. The third-order valence-electron chi connectivity index (χ3n) is 3.27. The number of aromatic nitrogens is 1. The Bertz CT molecular complexity index is 315. The molecule has 0 radical (unpaired) electrons.